The van der Waals surface area contributed by atoms with Gasteiger partial charge in [-0.15, -0.1) is 11.3 Å². The number of halogens is 9. The van der Waals surface area contributed by atoms with Gasteiger partial charge >= 0.3 is 6.18 Å². The van der Waals surface area contributed by atoms with Gasteiger partial charge in [0.2, 0.25) is 5.91 Å². The summed E-state index contributed by atoms with van der Waals surface area (Å²) in [5.41, 5.74) is 0.110. The first-order chi connectivity index (χ1) is 24.1. The summed E-state index contributed by atoms with van der Waals surface area (Å²) in [6.45, 7) is 2.13. The summed E-state index contributed by atoms with van der Waals surface area (Å²) in [6, 6.07) is 8.06. The molecular formula is C32H22Cl4F5N7O2S. The van der Waals surface area contributed by atoms with E-state index in [1.807, 2.05) is 5.38 Å². The number of nitriles is 2. The van der Waals surface area contributed by atoms with E-state index in [4.69, 9.17) is 61.8 Å². The van der Waals surface area contributed by atoms with E-state index in [2.05, 4.69) is 15.2 Å². The van der Waals surface area contributed by atoms with Crippen LogP contribution in [0.2, 0.25) is 20.1 Å². The number of likely N-dealkylation sites (tertiary alicyclic amines) is 1. The highest BCUT2D eigenvalue weighted by atomic mass is 35.5. The summed E-state index contributed by atoms with van der Waals surface area (Å²) >= 11 is 24.3. The zero-order chi connectivity index (χ0) is 37.2. The smallest absolute Gasteiger partial charge is 0.387 e. The van der Waals surface area contributed by atoms with Crippen LogP contribution in [0.15, 0.2) is 34.8 Å². The molecule has 2 aliphatic rings. The molecule has 9 nitrogen and oxygen atoms in total. The van der Waals surface area contributed by atoms with Gasteiger partial charge in [0.15, 0.2) is 11.8 Å². The quantitative estimate of drug-likeness (QED) is 0.113. The van der Waals surface area contributed by atoms with Crippen LogP contribution in [0.4, 0.5) is 22.0 Å². The maximum absolute atomic E-state index is 14.1. The molecule has 0 N–H and O–H groups in total. The number of nitrogens with zero attached hydrogens (tertiary/aromatic N) is 7. The third kappa shape index (κ3) is 8.24. The van der Waals surface area contributed by atoms with E-state index >= 15 is 0 Å². The molecule has 51 heavy (non-hydrogen) atoms. The van der Waals surface area contributed by atoms with Crippen LogP contribution in [0.1, 0.15) is 70.1 Å². The van der Waals surface area contributed by atoms with Crippen LogP contribution in [-0.2, 0) is 22.4 Å². The Morgan fingerprint density at radius 3 is 2.18 bits per heavy atom. The fraction of sp³-hybridized carbons (Fsp3) is 0.312. The monoisotopic (exact) mass is 803 g/mol. The number of piperidine rings is 1. The molecular weight excluding hydrogens is 783 g/mol. The van der Waals surface area contributed by atoms with Crippen molar-refractivity contribution in [2.45, 2.75) is 50.9 Å². The Balaban J connectivity index is 0.000000303. The van der Waals surface area contributed by atoms with Gasteiger partial charge < -0.3 is 9.74 Å². The molecule has 1 amide bonds. The van der Waals surface area contributed by atoms with Gasteiger partial charge in [-0.25, -0.2) is 13.8 Å². The number of thiazole rings is 1. The SMILES string of the molecule is Cc1cc(C(F)(F)F)nn1CC(=O)N1CCC(c2nc(C3=NOC(c4c(F)cccc4F)C3)cs2)CC1.N#Cc1c(Cl)c(Cl)c(Cl)c(C#N)c1Cl. The molecule has 4 heterocycles. The largest absolute Gasteiger partial charge is 0.435 e. The standard InChI is InChI=1S/C24H22F5N5O2S.C8Cl4N2/c1-13-9-20(24(27,28)29)31-34(13)11-21(35)33-7-5-14(6-8-33)23-30-18(12-37-23)17-10-19(36-32-17)22-15(25)3-2-4-16(22)26;9-5-3(1-13)6(10)8(12)7(11)4(5)2-14/h2-4,9,12,14,19H,5-8,10-11H2,1H3;. The van der Waals surface area contributed by atoms with Crippen LogP contribution in [0, 0.1) is 41.2 Å². The van der Waals surface area contributed by atoms with Crippen LogP contribution in [0.3, 0.4) is 0 Å². The van der Waals surface area contributed by atoms with E-state index < -0.39 is 29.6 Å². The Labute approximate surface area is 311 Å². The molecule has 1 saturated heterocycles. The first kappa shape index (κ1) is 38.2. The second-order valence-corrected chi connectivity index (χ2v) is 13.7. The minimum absolute atomic E-state index is 0.0363. The van der Waals surface area contributed by atoms with E-state index in [-0.39, 0.29) is 67.3 Å². The third-order valence-electron chi connectivity index (χ3n) is 8.05. The highest BCUT2D eigenvalue weighted by molar-refractivity contribution is 7.10. The van der Waals surface area contributed by atoms with E-state index in [1.54, 1.807) is 17.0 Å². The number of carbonyl (C=O) groups excluding carboxylic acids is 1. The lowest BCUT2D eigenvalue weighted by Crippen LogP contribution is -2.40. The summed E-state index contributed by atoms with van der Waals surface area (Å²) < 4.78 is 67.9. The molecule has 0 aliphatic carbocycles. The second-order valence-electron chi connectivity index (χ2n) is 11.3. The maximum atomic E-state index is 14.1. The highest BCUT2D eigenvalue weighted by Gasteiger charge is 2.35. The first-order valence-corrected chi connectivity index (χ1v) is 17.2. The minimum Gasteiger partial charge on any atom is -0.387 e. The second kappa shape index (κ2) is 15.7. The molecule has 1 atom stereocenters. The van der Waals surface area contributed by atoms with Gasteiger partial charge in [-0.1, -0.05) is 57.6 Å². The normalized spacial score (nSPS) is 16.1. The van der Waals surface area contributed by atoms with Crippen LogP contribution in [0.5, 0.6) is 0 Å². The predicted octanol–water partition coefficient (Wildman–Crippen LogP) is 9.26. The topological polar surface area (TPSA) is 120 Å². The van der Waals surface area contributed by atoms with E-state index in [9.17, 15) is 26.7 Å². The number of aryl methyl sites for hydroxylation is 1. The molecule has 266 valence electrons. The van der Waals surface area contributed by atoms with Crippen molar-refractivity contribution in [1.82, 2.24) is 19.7 Å². The average Bonchev–Trinajstić information content (AvgIpc) is 3.85. The summed E-state index contributed by atoms with van der Waals surface area (Å²) in [5, 5.41) is 27.4. The summed E-state index contributed by atoms with van der Waals surface area (Å²) in [7, 11) is 0. The lowest BCUT2D eigenvalue weighted by molar-refractivity contribution is -0.142. The number of amides is 1. The van der Waals surface area contributed by atoms with Crippen molar-refractivity contribution in [2.75, 3.05) is 13.1 Å². The lowest BCUT2D eigenvalue weighted by atomic mass is 9.97. The van der Waals surface area contributed by atoms with Gasteiger partial charge in [0.1, 0.15) is 36.0 Å². The van der Waals surface area contributed by atoms with Crippen molar-refractivity contribution in [1.29, 1.82) is 10.5 Å². The molecule has 0 radical (unpaired) electrons. The Hall–Kier alpha value is -3.99. The van der Waals surface area contributed by atoms with Crippen molar-refractivity contribution < 1.29 is 31.6 Å². The zero-order valence-corrected chi connectivity index (χ0v) is 29.9. The van der Waals surface area contributed by atoms with Crippen LogP contribution >= 0.6 is 57.7 Å². The Morgan fingerprint density at radius 2 is 1.63 bits per heavy atom. The number of aromatic nitrogens is 3. The Kier molecular flexibility index (Phi) is 11.8. The van der Waals surface area contributed by atoms with Gasteiger partial charge in [0.05, 0.1) is 47.5 Å². The maximum Gasteiger partial charge on any atom is 0.435 e. The molecule has 0 saturated carbocycles. The number of alkyl halides is 3. The van der Waals surface area contributed by atoms with Crippen LogP contribution in [-0.4, -0.2) is 44.4 Å². The molecule has 19 heteroatoms. The van der Waals surface area contributed by atoms with E-state index in [0.29, 0.717) is 37.3 Å². The molecule has 2 aromatic heterocycles. The van der Waals surface area contributed by atoms with Crippen LogP contribution < -0.4 is 0 Å². The minimum atomic E-state index is -4.56. The fourth-order valence-electron chi connectivity index (χ4n) is 5.35. The molecule has 1 unspecified atom stereocenters. The molecule has 0 spiro atoms. The number of oxime groups is 1. The zero-order valence-electron chi connectivity index (χ0n) is 26.0. The van der Waals surface area contributed by atoms with Crippen molar-refractivity contribution in [3.8, 4) is 12.1 Å². The number of carbonyl (C=O) groups is 1. The average molecular weight is 805 g/mol. The Bertz CT molecular complexity index is 2040. The summed E-state index contributed by atoms with van der Waals surface area (Å²) in [4.78, 5) is 24.3. The van der Waals surface area contributed by atoms with Crippen LogP contribution in [0.25, 0.3) is 0 Å². The lowest BCUT2D eigenvalue weighted by Gasteiger charge is -2.31. The number of rotatable bonds is 5. The van der Waals surface area contributed by atoms with Gasteiger partial charge in [-0.3, -0.25) is 9.48 Å². The number of hydrogen-bond donors (Lipinski definition) is 0. The van der Waals surface area contributed by atoms with Crippen molar-refractivity contribution >= 4 is 69.4 Å². The highest BCUT2D eigenvalue weighted by Crippen LogP contribution is 2.40. The third-order valence-corrected chi connectivity index (χ3v) is 10.8. The number of benzene rings is 2. The molecule has 6 rings (SSSR count). The molecule has 2 aliphatic heterocycles. The van der Waals surface area contributed by atoms with Crippen molar-refractivity contribution in [2.24, 2.45) is 5.16 Å². The van der Waals surface area contributed by atoms with Crippen molar-refractivity contribution in [3.63, 3.8) is 0 Å². The molecule has 2 aromatic carbocycles. The number of hydrogen-bond acceptors (Lipinski definition) is 8. The van der Waals surface area contributed by atoms with Gasteiger partial charge in [0.25, 0.3) is 0 Å². The van der Waals surface area contributed by atoms with Gasteiger partial charge in [-0.2, -0.15) is 28.8 Å². The van der Waals surface area contributed by atoms with E-state index in [1.165, 1.54) is 36.5 Å². The summed E-state index contributed by atoms with van der Waals surface area (Å²) in [6.07, 6.45) is -3.93. The van der Waals surface area contributed by atoms with Crippen molar-refractivity contribution in [3.05, 3.63) is 100 Å². The molecule has 0 bridgehead atoms. The summed E-state index contributed by atoms with van der Waals surface area (Å²) in [5.74, 6) is -1.56. The molecule has 4 aromatic rings. The predicted molar refractivity (Wildman–Crippen MR) is 180 cm³/mol. The van der Waals surface area contributed by atoms with E-state index in [0.717, 1.165) is 15.8 Å². The first-order valence-electron chi connectivity index (χ1n) is 14.8. The fourth-order valence-corrected chi connectivity index (χ4v) is 7.42. The van der Waals surface area contributed by atoms with Gasteiger partial charge in [0, 0.05) is 36.5 Å². The Morgan fingerprint density at radius 1 is 1.02 bits per heavy atom. The van der Waals surface area contributed by atoms with Gasteiger partial charge in [-0.05, 0) is 38.0 Å². The molecule has 1 fully saturated rings.